The average Bonchev–Trinajstić information content (AvgIpc) is 3.39. The highest BCUT2D eigenvalue weighted by Gasteiger charge is 2.42. The molecule has 2 aromatic carbocycles. The maximum Gasteiger partial charge on any atom is 0.125 e. The van der Waals surface area contributed by atoms with E-state index in [-0.39, 0.29) is 11.9 Å². The minimum Gasteiger partial charge on any atom is -0.488 e. The van der Waals surface area contributed by atoms with Crippen LogP contribution in [0.3, 0.4) is 0 Å². The van der Waals surface area contributed by atoms with Gasteiger partial charge in [0.15, 0.2) is 0 Å². The molecule has 2 aliphatic rings. The number of likely N-dealkylation sites (tertiary alicyclic amines) is 1. The monoisotopic (exact) mass is 421 g/mol. The van der Waals surface area contributed by atoms with Gasteiger partial charge in [-0.25, -0.2) is 4.39 Å². The van der Waals surface area contributed by atoms with Crippen LogP contribution in [0.25, 0.3) is 0 Å². The van der Waals surface area contributed by atoms with E-state index in [0.717, 1.165) is 39.0 Å². The third-order valence-corrected chi connectivity index (χ3v) is 6.56. The van der Waals surface area contributed by atoms with Gasteiger partial charge in [-0.3, -0.25) is 9.58 Å². The number of aliphatic hydroxyl groups is 1. The van der Waals surface area contributed by atoms with Gasteiger partial charge in [-0.05, 0) is 66.1 Å². The molecule has 1 aliphatic heterocycles. The van der Waals surface area contributed by atoms with Gasteiger partial charge in [0.05, 0.1) is 12.6 Å². The van der Waals surface area contributed by atoms with Gasteiger partial charge in [-0.2, -0.15) is 5.10 Å². The number of fused-ring (bicyclic) bond motifs is 1. The zero-order chi connectivity index (χ0) is 21.2. The summed E-state index contributed by atoms with van der Waals surface area (Å²) in [6.45, 7) is 3.72. The summed E-state index contributed by atoms with van der Waals surface area (Å²) in [5.41, 5.74) is 2.56. The Morgan fingerprint density at radius 3 is 2.45 bits per heavy atom. The summed E-state index contributed by atoms with van der Waals surface area (Å²) >= 11 is 0. The maximum atomic E-state index is 13.1. The van der Waals surface area contributed by atoms with E-state index in [1.165, 1.54) is 23.3 Å². The summed E-state index contributed by atoms with van der Waals surface area (Å²) in [7, 11) is 0. The third-order valence-electron chi connectivity index (χ3n) is 6.56. The third kappa shape index (κ3) is 4.81. The Labute approximate surface area is 182 Å². The molecular formula is C25H28FN3O2. The molecule has 31 heavy (non-hydrogen) atoms. The van der Waals surface area contributed by atoms with Gasteiger partial charge >= 0.3 is 0 Å². The van der Waals surface area contributed by atoms with Gasteiger partial charge in [0.25, 0.3) is 0 Å². The molecule has 1 aromatic heterocycles. The summed E-state index contributed by atoms with van der Waals surface area (Å²) in [6, 6.07) is 16.7. The van der Waals surface area contributed by atoms with Crippen LogP contribution < -0.4 is 4.74 Å². The summed E-state index contributed by atoms with van der Waals surface area (Å²) in [6.07, 6.45) is 4.66. The van der Waals surface area contributed by atoms with Gasteiger partial charge in [0.1, 0.15) is 17.7 Å². The molecule has 1 saturated heterocycles. The van der Waals surface area contributed by atoms with Crippen LogP contribution in [-0.2, 0) is 13.1 Å². The molecule has 1 saturated carbocycles. The van der Waals surface area contributed by atoms with Crippen molar-refractivity contribution in [3.05, 3.63) is 83.9 Å². The normalized spacial score (nSPS) is 26.0. The number of aliphatic hydroxyl groups excluding tert-OH is 1. The maximum absolute atomic E-state index is 13.1. The lowest BCUT2D eigenvalue weighted by Crippen LogP contribution is -2.42. The Morgan fingerprint density at radius 1 is 0.968 bits per heavy atom. The quantitative estimate of drug-likeness (QED) is 0.659. The van der Waals surface area contributed by atoms with Crippen LogP contribution in [0, 0.1) is 17.7 Å². The molecule has 0 bridgehead atoms. The van der Waals surface area contributed by atoms with Crippen molar-refractivity contribution in [3.8, 4) is 5.75 Å². The molecule has 0 amide bonds. The Hall–Kier alpha value is -2.70. The van der Waals surface area contributed by atoms with Gasteiger partial charge in [-0.1, -0.05) is 24.3 Å². The molecule has 4 atom stereocenters. The van der Waals surface area contributed by atoms with Gasteiger partial charge in [0.2, 0.25) is 0 Å². The van der Waals surface area contributed by atoms with Gasteiger partial charge in [-0.15, -0.1) is 0 Å². The van der Waals surface area contributed by atoms with Crippen LogP contribution in [0.4, 0.5) is 4.39 Å². The van der Waals surface area contributed by atoms with Crippen molar-refractivity contribution in [2.75, 3.05) is 13.1 Å². The van der Waals surface area contributed by atoms with Crippen LogP contribution >= 0.6 is 0 Å². The fourth-order valence-corrected chi connectivity index (χ4v) is 5.10. The van der Waals surface area contributed by atoms with Crippen molar-refractivity contribution in [2.45, 2.75) is 38.1 Å². The number of halogens is 1. The largest absolute Gasteiger partial charge is 0.488 e. The van der Waals surface area contributed by atoms with Crippen LogP contribution in [-0.4, -0.2) is 45.1 Å². The highest BCUT2D eigenvalue weighted by Crippen LogP contribution is 2.38. The Kier molecular flexibility index (Phi) is 5.74. The summed E-state index contributed by atoms with van der Waals surface area (Å²) in [5.74, 6) is 1.35. The van der Waals surface area contributed by atoms with E-state index >= 15 is 0 Å². The average molecular weight is 422 g/mol. The second-order valence-electron chi connectivity index (χ2n) is 8.89. The lowest BCUT2D eigenvalue weighted by Gasteiger charge is -2.35. The number of hydrogen-bond donors (Lipinski definition) is 1. The standard InChI is InChI=1S/C25H28FN3O2/c26-22-5-7-23(8-6-22)31-25-13-21-17-28(16-20(21)12-24(25)30)14-18-3-1-4-19(11-18)15-29-10-2-9-27-29/h1-11,20-21,24-25,30H,12-17H2/t20-,21+,24+,25+/m0/s1. The molecule has 5 nitrogen and oxygen atoms in total. The van der Waals surface area contributed by atoms with Crippen LogP contribution in [0.15, 0.2) is 67.0 Å². The molecule has 162 valence electrons. The number of rotatable bonds is 6. The second kappa shape index (κ2) is 8.81. The van der Waals surface area contributed by atoms with E-state index in [4.69, 9.17) is 4.74 Å². The van der Waals surface area contributed by atoms with Crippen LogP contribution in [0.2, 0.25) is 0 Å². The number of aromatic nitrogens is 2. The molecule has 0 unspecified atom stereocenters. The van der Waals surface area contributed by atoms with Crippen molar-refractivity contribution in [3.63, 3.8) is 0 Å². The molecule has 3 aromatic rings. The molecule has 0 spiro atoms. The van der Waals surface area contributed by atoms with E-state index in [0.29, 0.717) is 17.6 Å². The Morgan fingerprint density at radius 2 is 1.71 bits per heavy atom. The lowest BCUT2D eigenvalue weighted by atomic mass is 9.78. The SMILES string of the molecule is O[C@@H]1C[C@H]2CN(Cc3cccc(Cn4cccn4)c3)C[C@H]2C[C@H]1Oc1ccc(F)cc1. The molecule has 2 heterocycles. The topological polar surface area (TPSA) is 50.5 Å². The van der Waals surface area contributed by atoms with E-state index < -0.39 is 6.10 Å². The van der Waals surface area contributed by atoms with Crippen molar-refractivity contribution < 1.29 is 14.2 Å². The Balaban J connectivity index is 1.19. The van der Waals surface area contributed by atoms with E-state index in [9.17, 15) is 9.50 Å². The summed E-state index contributed by atoms with van der Waals surface area (Å²) in [5, 5.41) is 14.9. The number of benzene rings is 2. The minimum absolute atomic E-state index is 0.232. The molecule has 6 heteroatoms. The first-order chi connectivity index (χ1) is 15.1. The fraction of sp³-hybridized carbons (Fsp3) is 0.400. The van der Waals surface area contributed by atoms with Crippen molar-refractivity contribution in [1.82, 2.24) is 14.7 Å². The number of nitrogens with zero attached hydrogens (tertiary/aromatic N) is 3. The molecular weight excluding hydrogens is 393 g/mol. The number of ether oxygens (including phenoxy) is 1. The zero-order valence-corrected chi connectivity index (χ0v) is 17.5. The summed E-state index contributed by atoms with van der Waals surface area (Å²) < 4.78 is 21.1. The molecule has 1 aliphatic carbocycles. The smallest absolute Gasteiger partial charge is 0.125 e. The first-order valence-corrected chi connectivity index (χ1v) is 11.0. The lowest BCUT2D eigenvalue weighted by molar-refractivity contribution is -0.0231. The second-order valence-corrected chi connectivity index (χ2v) is 8.89. The van der Waals surface area contributed by atoms with E-state index in [1.807, 2.05) is 16.9 Å². The number of hydrogen-bond acceptors (Lipinski definition) is 4. The highest BCUT2D eigenvalue weighted by molar-refractivity contribution is 5.24. The van der Waals surface area contributed by atoms with E-state index in [2.05, 4.69) is 34.3 Å². The molecule has 1 N–H and O–H groups in total. The first-order valence-electron chi connectivity index (χ1n) is 11.0. The summed E-state index contributed by atoms with van der Waals surface area (Å²) in [4.78, 5) is 2.50. The molecule has 2 fully saturated rings. The van der Waals surface area contributed by atoms with E-state index in [1.54, 1.807) is 18.3 Å². The van der Waals surface area contributed by atoms with Crippen molar-refractivity contribution in [2.24, 2.45) is 11.8 Å². The van der Waals surface area contributed by atoms with Crippen molar-refractivity contribution >= 4 is 0 Å². The Bertz CT molecular complexity index is 992. The van der Waals surface area contributed by atoms with Gasteiger partial charge < -0.3 is 9.84 Å². The minimum atomic E-state index is -0.483. The zero-order valence-electron chi connectivity index (χ0n) is 17.5. The fourth-order valence-electron chi connectivity index (χ4n) is 5.10. The highest BCUT2D eigenvalue weighted by atomic mass is 19.1. The molecule has 5 rings (SSSR count). The molecule has 0 radical (unpaired) electrons. The predicted octanol–water partition coefficient (Wildman–Crippen LogP) is 3.72. The first kappa shape index (κ1) is 20.2. The van der Waals surface area contributed by atoms with Crippen LogP contribution in [0.1, 0.15) is 24.0 Å². The van der Waals surface area contributed by atoms with Gasteiger partial charge in [0, 0.05) is 32.0 Å². The van der Waals surface area contributed by atoms with Crippen LogP contribution in [0.5, 0.6) is 5.75 Å². The predicted molar refractivity (Wildman–Crippen MR) is 116 cm³/mol. The van der Waals surface area contributed by atoms with Crippen molar-refractivity contribution in [1.29, 1.82) is 0 Å².